The molecule has 6 heteroatoms. The molecule has 6 nitrogen and oxygen atoms in total. The predicted molar refractivity (Wildman–Crippen MR) is 106 cm³/mol. The van der Waals surface area contributed by atoms with E-state index in [9.17, 15) is 14.7 Å². The second-order valence-corrected chi connectivity index (χ2v) is 8.93. The molecule has 1 aromatic heterocycles. The monoisotopic (exact) mass is 390 g/mol. The molecule has 2 N–H and O–H groups in total. The minimum Gasteiger partial charge on any atom is -0.480 e. The summed E-state index contributed by atoms with van der Waals surface area (Å²) in [6.45, 7) is 3.88. The second kappa shape index (κ2) is 9.57. The average Bonchev–Trinajstić information content (AvgIpc) is 3.19. The van der Waals surface area contributed by atoms with Crippen molar-refractivity contribution in [1.82, 2.24) is 10.5 Å². The number of aromatic nitrogens is 1. The van der Waals surface area contributed by atoms with E-state index in [1.165, 1.54) is 19.1 Å². The van der Waals surface area contributed by atoms with E-state index in [-0.39, 0.29) is 17.7 Å². The molecule has 0 saturated heterocycles. The predicted octanol–water partition coefficient (Wildman–Crippen LogP) is 4.76. The van der Waals surface area contributed by atoms with Gasteiger partial charge in [0.15, 0.2) is 0 Å². The van der Waals surface area contributed by atoms with Gasteiger partial charge in [-0.2, -0.15) is 0 Å². The molecule has 2 fully saturated rings. The van der Waals surface area contributed by atoms with E-state index < -0.39 is 12.0 Å². The summed E-state index contributed by atoms with van der Waals surface area (Å²) in [6, 6.07) is -0.853. The molecule has 1 aromatic rings. The van der Waals surface area contributed by atoms with Crippen LogP contribution < -0.4 is 5.32 Å². The van der Waals surface area contributed by atoms with E-state index in [1.54, 1.807) is 0 Å². The molecule has 2 aliphatic rings. The number of nitrogens with one attached hydrogen (secondary N) is 1. The second-order valence-electron chi connectivity index (χ2n) is 8.93. The molecule has 0 aromatic carbocycles. The summed E-state index contributed by atoms with van der Waals surface area (Å²) in [5.74, 6) is -0.499. The number of hydrogen-bond acceptors (Lipinski definition) is 4. The van der Waals surface area contributed by atoms with Crippen LogP contribution in [-0.4, -0.2) is 28.2 Å². The van der Waals surface area contributed by atoms with Gasteiger partial charge >= 0.3 is 5.97 Å². The Kier molecular flexibility index (Phi) is 7.13. The van der Waals surface area contributed by atoms with Crippen molar-refractivity contribution in [2.45, 2.75) is 90.0 Å². The zero-order chi connectivity index (χ0) is 20.1. The van der Waals surface area contributed by atoms with Gasteiger partial charge in [-0.3, -0.25) is 4.79 Å². The van der Waals surface area contributed by atoms with Crippen LogP contribution in [0, 0.1) is 17.8 Å². The van der Waals surface area contributed by atoms with Gasteiger partial charge in [-0.05, 0) is 23.7 Å². The quantitative estimate of drug-likeness (QED) is 0.700. The van der Waals surface area contributed by atoms with Gasteiger partial charge in [0.2, 0.25) is 0 Å². The Morgan fingerprint density at radius 2 is 1.57 bits per heavy atom. The highest BCUT2D eigenvalue weighted by atomic mass is 16.5. The number of aliphatic carboxylic acids is 1. The van der Waals surface area contributed by atoms with Crippen molar-refractivity contribution < 1.29 is 19.2 Å². The van der Waals surface area contributed by atoms with Gasteiger partial charge in [-0.25, -0.2) is 4.79 Å². The summed E-state index contributed by atoms with van der Waals surface area (Å²) in [5.41, 5.74) is 0.931. The zero-order valence-corrected chi connectivity index (χ0v) is 17.2. The number of rotatable bonds is 7. The van der Waals surface area contributed by atoms with E-state index in [4.69, 9.17) is 4.52 Å². The molecule has 1 atom stereocenters. The van der Waals surface area contributed by atoms with E-state index in [2.05, 4.69) is 10.5 Å². The zero-order valence-electron chi connectivity index (χ0n) is 17.2. The fourth-order valence-corrected chi connectivity index (χ4v) is 5.34. The molecule has 0 spiro atoms. The fourth-order valence-electron chi connectivity index (χ4n) is 5.34. The molecule has 3 rings (SSSR count). The number of amides is 1. The Balaban J connectivity index is 1.84. The van der Waals surface area contributed by atoms with Crippen LogP contribution in [0.2, 0.25) is 0 Å². The normalized spacial score (nSPS) is 20.4. The third-order valence-electron chi connectivity index (χ3n) is 6.71. The van der Waals surface area contributed by atoms with Gasteiger partial charge < -0.3 is 14.9 Å². The van der Waals surface area contributed by atoms with Crippen molar-refractivity contribution in [3.8, 4) is 0 Å². The molecular formula is C22H34N2O4. The fraction of sp³-hybridized carbons (Fsp3) is 0.773. The topological polar surface area (TPSA) is 92.4 Å². The highest BCUT2D eigenvalue weighted by Crippen LogP contribution is 2.42. The Hall–Kier alpha value is -1.85. The summed E-state index contributed by atoms with van der Waals surface area (Å²) in [5, 5.41) is 16.9. The maximum absolute atomic E-state index is 12.9. The maximum atomic E-state index is 12.9. The van der Waals surface area contributed by atoms with Gasteiger partial charge in [0.25, 0.3) is 5.91 Å². The summed E-state index contributed by atoms with van der Waals surface area (Å²) >= 11 is 0. The van der Waals surface area contributed by atoms with Crippen molar-refractivity contribution in [1.29, 1.82) is 0 Å². The van der Waals surface area contributed by atoms with Gasteiger partial charge in [0, 0.05) is 0 Å². The average molecular weight is 391 g/mol. The van der Waals surface area contributed by atoms with Gasteiger partial charge in [-0.15, -0.1) is 0 Å². The SMILES string of the molecule is CC(C)c1nocc1C(=O)N[C@H](C(=O)O)C(C1CCCCC1)C1CCCCC1. The first-order chi connectivity index (χ1) is 13.5. The van der Waals surface area contributed by atoms with Crippen LogP contribution in [0.25, 0.3) is 0 Å². The number of carbonyl (C=O) groups is 2. The maximum Gasteiger partial charge on any atom is 0.326 e. The summed E-state index contributed by atoms with van der Waals surface area (Å²) < 4.78 is 5.01. The number of hydrogen-bond donors (Lipinski definition) is 2. The standard InChI is InChI=1S/C22H34N2O4/c1-14(2)19-17(13-28-24-19)21(25)23-20(22(26)27)18(15-9-5-3-6-10-15)16-11-7-4-8-12-16/h13-16,18,20H,3-12H2,1-2H3,(H,23,25)(H,26,27)/t20-/m0/s1. The van der Waals surface area contributed by atoms with Crippen molar-refractivity contribution in [3.05, 3.63) is 17.5 Å². The lowest BCUT2D eigenvalue weighted by Gasteiger charge is -2.41. The van der Waals surface area contributed by atoms with Crippen LogP contribution in [0.3, 0.4) is 0 Å². The number of carbonyl (C=O) groups excluding carboxylic acids is 1. The molecule has 0 radical (unpaired) electrons. The first kappa shape index (κ1) is 20.9. The molecule has 1 heterocycles. The third-order valence-corrected chi connectivity index (χ3v) is 6.71. The van der Waals surface area contributed by atoms with Gasteiger partial charge in [0.1, 0.15) is 17.9 Å². The largest absolute Gasteiger partial charge is 0.480 e. The Morgan fingerprint density at radius 3 is 2.04 bits per heavy atom. The Bertz CT molecular complexity index is 639. The van der Waals surface area contributed by atoms with Gasteiger partial charge in [-0.1, -0.05) is 83.2 Å². The Morgan fingerprint density at radius 1 is 1.04 bits per heavy atom. The lowest BCUT2D eigenvalue weighted by Crippen LogP contribution is -2.51. The number of carboxylic acids is 1. The number of carboxylic acid groups (broad SMARTS) is 1. The van der Waals surface area contributed by atoms with E-state index in [1.807, 2.05) is 13.8 Å². The van der Waals surface area contributed by atoms with E-state index in [0.717, 1.165) is 51.4 Å². The molecule has 2 saturated carbocycles. The molecule has 156 valence electrons. The van der Waals surface area contributed by atoms with Crippen LogP contribution in [0.4, 0.5) is 0 Å². The van der Waals surface area contributed by atoms with Crippen LogP contribution in [0.5, 0.6) is 0 Å². The van der Waals surface area contributed by atoms with Crippen molar-refractivity contribution in [2.75, 3.05) is 0 Å². The van der Waals surface area contributed by atoms with E-state index in [0.29, 0.717) is 23.1 Å². The highest BCUT2D eigenvalue weighted by molar-refractivity contribution is 5.97. The smallest absolute Gasteiger partial charge is 0.326 e. The Labute approximate surface area is 167 Å². The van der Waals surface area contributed by atoms with Gasteiger partial charge in [0.05, 0.1) is 5.69 Å². The number of nitrogens with zero attached hydrogens (tertiary/aromatic N) is 1. The van der Waals surface area contributed by atoms with Crippen molar-refractivity contribution >= 4 is 11.9 Å². The van der Waals surface area contributed by atoms with Crippen molar-refractivity contribution in [2.24, 2.45) is 17.8 Å². The highest BCUT2D eigenvalue weighted by Gasteiger charge is 2.41. The minimum absolute atomic E-state index is 0.00408. The first-order valence-electron chi connectivity index (χ1n) is 11.0. The molecule has 0 aliphatic heterocycles. The molecule has 0 unspecified atom stereocenters. The molecule has 1 amide bonds. The van der Waals surface area contributed by atoms with Crippen LogP contribution in [-0.2, 0) is 4.79 Å². The van der Waals surface area contributed by atoms with Crippen LogP contribution >= 0.6 is 0 Å². The summed E-state index contributed by atoms with van der Waals surface area (Å²) in [6.07, 6.45) is 12.8. The molecule has 0 bridgehead atoms. The van der Waals surface area contributed by atoms with Crippen LogP contribution in [0.1, 0.15) is 100 Å². The summed E-state index contributed by atoms with van der Waals surface area (Å²) in [4.78, 5) is 25.2. The lowest BCUT2D eigenvalue weighted by atomic mass is 9.66. The third kappa shape index (κ3) is 4.76. The molecular weight excluding hydrogens is 356 g/mol. The summed E-state index contributed by atoms with van der Waals surface area (Å²) in [7, 11) is 0. The van der Waals surface area contributed by atoms with Crippen molar-refractivity contribution in [3.63, 3.8) is 0 Å². The van der Waals surface area contributed by atoms with Crippen LogP contribution in [0.15, 0.2) is 10.8 Å². The molecule has 28 heavy (non-hydrogen) atoms. The molecule has 2 aliphatic carbocycles. The minimum atomic E-state index is -0.919. The lowest BCUT2D eigenvalue weighted by molar-refractivity contribution is -0.142. The van der Waals surface area contributed by atoms with E-state index >= 15 is 0 Å². The first-order valence-corrected chi connectivity index (χ1v) is 11.0.